The van der Waals surface area contributed by atoms with E-state index in [-0.39, 0.29) is 57.2 Å². The third-order valence-corrected chi connectivity index (χ3v) is 7.37. The molecule has 0 aliphatic carbocycles. The summed E-state index contributed by atoms with van der Waals surface area (Å²) < 4.78 is 10.3. The van der Waals surface area contributed by atoms with E-state index in [2.05, 4.69) is 10.3 Å². The lowest BCUT2D eigenvalue weighted by Crippen LogP contribution is -2.55. The second-order valence-electron chi connectivity index (χ2n) is 12.2. The van der Waals surface area contributed by atoms with Gasteiger partial charge in [0, 0.05) is 44.2 Å². The fourth-order valence-corrected chi connectivity index (χ4v) is 5.21. The minimum Gasteiger partial charge on any atom is -0.460 e. The number of aliphatic hydroxyl groups is 1. The number of nitrogens with one attached hydrogen (secondary N) is 1. The molecule has 0 bridgehead atoms. The summed E-state index contributed by atoms with van der Waals surface area (Å²) in [5.41, 5.74) is 0.0468. The minimum absolute atomic E-state index is 0.000821. The van der Waals surface area contributed by atoms with E-state index in [1.807, 2.05) is 35.2 Å². The van der Waals surface area contributed by atoms with Crippen LogP contribution in [0.15, 0.2) is 36.4 Å². The van der Waals surface area contributed by atoms with Crippen LogP contribution in [0.5, 0.6) is 0 Å². The molecule has 0 spiro atoms. The molecule has 0 saturated carbocycles. The highest BCUT2D eigenvalue weighted by Gasteiger charge is 2.32. The number of esters is 1. The van der Waals surface area contributed by atoms with Crippen LogP contribution in [0.25, 0.3) is 11.4 Å². The maximum absolute atomic E-state index is 13.8. The number of aliphatic hydroxyl groups excluding tert-OH is 1. The van der Waals surface area contributed by atoms with Crippen molar-refractivity contribution in [3.8, 4) is 11.4 Å². The van der Waals surface area contributed by atoms with Gasteiger partial charge in [-0.2, -0.15) is 0 Å². The molecule has 4 rings (SSSR count). The van der Waals surface area contributed by atoms with Gasteiger partial charge in [0.05, 0.1) is 25.8 Å². The van der Waals surface area contributed by atoms with E-state index in [1.165, 1.54) is 5.06 Å². The first-order valence-corrected chi connectivity index (χ1v) is 15.7. The Bertz CT molecular complexity index is 1360. The highest BCUT2D eigenvalue weighted by atomic mass is 16.8. The molecule has 46 heavy (non-hydrogen) atoms. The lowest BCUT2D eigenvalue weighted by Gasteiger charge is -2.35. The Balaban J connectivity index is 1.55. The average molecular weight is 641 g/mol. The predicted octanol–water partition coefficient (Wildman–Crippen LogP) is 2.56. The Hall–Kier alpha value is -4.30. The van der Waals surface area contributed by atoms with E-state index in [4.69, 9.17) is 19.3 Å². The van der Waals surface area contributed by atoms with Gasteiger partial charge >= 0.3 is 12.1 Å². The van der Waals surface area contributed by atoms with Gasteiger partial charge in [-0.3, -0.25) is 14.4 Å². The highest BCUT2D eigenvalue weighted by Crippen LogP contribution is 2.24. The van der Waals surface area contributed by atoms with Crippen molar-refractivity contribution in [1.82, 2.24) is 25.2 Å². The minimum atomic E-state index is -1.06. The number of carbonyl (C=O) groups excluding carboxylic acids is 4. The highest BCUT2D eigenvalue weighted by molar-refractivity contribution is 5.97. The summed E-state index contributed by atoms with van der Waals surface area (Å²) in [5, 5.41) is 14.5. The zero-order chi connectivity index (χ0) is 33.3. The van der Waals surface area contributed by atoms with Crippen molar-refractivity contribution in [2.24, 2.45) is 0 Å². The molecule has 2 N–H and O–H groups in total. The van der Waals surface area contributed by atoms with Gasteiger partial charge in [0.25, 0.3) is 5.91 Å². The van der Waals surface area contributed by atoms with E-state index in [0.29, 0.717) is 36.7 Å². The molecule has 2 atom stereocenters. The number of rotatable bonds is 10. The predicted molar refractivity (Wildman–Crippen MR) is 168 cm³/mol. The van der Waals surface area contributed by atoms with Crippen LogP contribution >= 0.6 is 0 Å². The summed E-state index contributed by atoms with van der Waals surface area (Å²) in [6.45, 7) is 9.09. The largest absolute Gasteiger partial charge is 0.527 e. The first-order valence-electron chi connectivity index (χ1n) is 15.7. The SMILES string of the molecule is CCOC(=O)ON1CCN(C(=O)C(CCC(=O)OC(C)(C)C)NC(=O)c2cc(N3CCC[C@H](O)C3)nc(-c3ccccc3)n2)CC1. The first kappa shape index (κ1) is 34.6. The fraction of sp³-hybridized carbons (Fsp3) is 0.562. The molecule has 1 unspecified atom stereocenters. The van der Waals surface area contributed by atoms with Gasteiger partial charge in [-0.05, 0) is 47.0 Å². The van der Waals surface area contributed by atoms with E-state index < -0.39 is 35.8 Å². The number of anilines is 1. The summed E-state index contributed by atoms with van der Waals surface area (Å²) in [6, 6.07) is 9.73. The van der Waals surface area contributed by atoms with Gasteiger partial charge in [-0.15, -0.1) is 5.06 Å². The summed E-state index contributed by atoms with van der Waals surface area (Å²) in [7, 11) is 0. The molecule has 2 aromatic rings. The van der Waals surface area contributed by atoms with Crippen LogP contribution in [-0.2, 0) is 23.9 Å². The molecule has 2 amide bonds. The number of piperidine rings is 1. The third-order valence-electron chi connectivity index (χ3n) is 7.37. The van der Waals surface area contributed by atoms with Crippen LogP contribution in [0, 0.1) is 0 Å². The van der Waals surface area contributed by atoms with E-state index in [1.54, 1.807) is 38.7 Å². The van der Waals surface area contributed by atoms with Gasteiger partial charge in [-0.25, -0.2) is 14.8 Å². The molecule has 14 heteroatoms. The lowest BCUT2D eigenvalue weighted by atomic mass is 10.1. The molecule has 2 fully saturated rings. The molecule has 2 saturated heterocycles. The van der Waals surface area contributed by atoms with Crippen LogP contribution in [0.4, 0.5) is 10.6 Å². The first-order chi connectivity index (χ1) is 21.9. The molecule has 1 aromatic carbocycles. The van der Waals surface area contributed by atoms with Crippen LogP contribution in [0.3, 0.4) is 0 Å². The Morgan fingerprint density at radius 1 is 1.04 bits per heavy atom. The maximum Gasteiger partial charge on any atom is 0.527 e. The standard InChI is InChI=1S/C32H44N6O8/c1-5-44-31(43)46-38-18-16-36(17-19-38)30(42)24(13-14-27(40)45-32(2,3)4)34-29(41)25-20-26(37-15-9-12-23(39)21-37)35-28(33-25)22-10-7-6-8-11-22/h6-8,10-11,20,23-24,39H,5,9,12-19,21H2,1-4H3,(H,34,41)/t23-,24?/m0/s1. The van der Waals surface area contributed by atoms with E-state index in [9.17, 15) is 24.3 Å². The Morgan fingerprint density at radius 2 is 1.76 bits per heavy atom. The third kappa shape index (κ3) is 10.1. The quantitative estimate of drug-likeness (QED) is 0.366. The van der Waals surface area contributed by atoms with Crippen LogP contribution in [0.1, 0.15) is 63.9 Å². The number of benzene rings is 1. The van der Waals surface area contributed by atoms with Crippen molar-refractivity contribution in [2.75, 3.05) is 50.8 Å². The maximum atomic E-state index is 13.8. The molecule has 0 radical (unpaired) electrons. The van der Waals surface area contributed by atoms with Crippen molar-refractivity contribution >= 4 is 29.8 Å². The topological polar surface area (TPSA) is 164 Å². The Labute approximate surface area is 269 Å². The Morgan fingerprint density at radius 3 is 2.41 bits per heavy atom. The molecule has 2 aliphatic heterocycles. The number of amides is 2. The van der Waals surface area contributed by atoms with Crippen molar-refractivity contribution in [1.29, 1.82) is 0 Å². The normalized spacial score (nSPS) is 18.0. The summed E-state index contributed by atoms with van der Waals surface area (Å²) in [6.07, 6.45) is 0.0243. The van der Waals surface area contributed by atoms with E-state index >= 15 is 0 Å². The van der Waals surface area contributed by atoms with Gasteiger partial charge in [0.1, 0.15) is 23.2 Å². The van der Waals surface area contributed by atoms with Crippen molar-refractivity contribution in [2.45, 2.75) is 71.1 Å². The number of carbonyl (C=O) groups is 4. The number of aromatic nitrogens is 2. The molecule has 1 aromatic heterocycles. The number of hydroxylamine groups is 2. The van der Waals surface area contributed by atoms with Crippen LogP contribution in [-0.4, -0.2) is 113 Å². The number of hydrogen-bond donors (Lipinski definition) is 2. The van der Waals surface area contributed by atoms with Gasteiger partial charge in [0.2, 0.25) is 5.91 Å². The number of hydrogen-bond acceptors (Lipinski definition) is 12. The lowest BCUT2D eigenvalue weighted by molar-refractivity contribution is -0.158. The van der Waals surface area contributed by atoms with Gasteiger partial charge < -0.3 is 34.5 Å². The molecular formula is C32H44N6O8. The number of ether oxygens (including phenoxy) is 2. The zero-order valence-electron chi connectivity index (χ0n) is 26.9. The summed E-state index contributed by atoms with van der Waals surface area (Å²) >= 11 is 0. The zero-order valence-corrected chi connectivity index (χ0v) is 26.9. The fourth-order valence-electron chi connectivity index (χ4n) is 5.21. The van der Waals surface area contributed by atoms with E-state index in [0.717, 1.165) is 6.42 Å². The smallest absolute Gasteiger partial charge is 0.460 e. The molecule has 250 valence electrons. The average Bonchev–Trinajstić information content (AvgIpc) is 3.02. The second kappa shape index (κ2) is 15.8. The monoisotopic (exact) mass is 640 g/mol. The molecule has 14 nitrogen and oxygen atoms in total. The Kier molecular flexibility index (Phi) is 11.9. The van der Waals surface area contributed by atoms with Crippen LogP contribution in [0.2, 0.25) is 0 Å². The molecule has 2 aliphatic rings. The molecule has 3 heterocycles. The summed E-state index contributed by atoms with van der Waals surface area (Å²) in [4.78, 5) is 69.7. The summed E-state index contributed by atoms with van der Waals surface area (Å²) in [5.74, 6) is -0.661. The van der Waals surface area contributed by atoms with Gasteiger partial charge in [-0.1, -0.05) is 30.3 Å². The van der Waals surface area contributed by atoms with Gasteiger partial charge in [0.15, 0.2) is 5.82 Å². The molecular weight excluding hydrogens is 596 g/mol. The number of nitrogens with zero attached hydrogens (tertiary/aromatic N) is 5. The van der Waals surface area contributed by atoms with Crippen molar-refractivity contribution < 1.29 is 38.6 Å². The van der Waals surface area contributed by atoms with Crippen molar-refractivity contribution in [3.63, 3.8) is 0 Å². The van der Waals surface area contributed by atoms with Crippen LogP contribution < -0.4 is 10.2 Å². The number of piperazine rings is 1. The number of β-amino-alcohol motifs (C(OH)–C–C–N with tert-alkyl or cyclic N) is 1. The second-order valence-corrected chi connectivity index (χ2v) is 12.2. The van der Waals surface area contributed by atoms with Crippen molar-refractivity contribution in [3.05, 3.63) is 42.1 Å².